The van der Waals surface area contributed by atoms with Crippen LogP contribution in [0.3, 0.4) is 0 Å². The number of para-hydroxylation sites is 2. The molecule has 0 fully saturated rings. The Morgan fingerprint density at radius 1 is 1.33 bits per heavy atom. The molecule has 1 aliphatic heterocycles. The number of fused-ring (bicyclic) bond motifs is 1. The second kappa shape index (κ2) is 4.37. The molecule has 18 heavy (non-hydrogen) atoms. The van der Waals surface area contributed by atoms with Crippen LogP contribution in [-0.4, -0.2) is 22.4 Å². The van der Waals surface area contributed by atoms with Gasteiger partial charge in [-0.1, -0.05) is 12.1 Å². The van der Waals surface area contributed by atoms with Crippen molar-refractivity contribution in [3.8, 4) is 0 Å². The Balaban J connectivity index is 1.91. The van der Waals surface area contributed by atoms with Crippen molar-refractivity contribution >= 4 is 11.4 Å². The molecule has 0 radical (unpaired) electrons. The average molecular weight is 242 g/mol. The van der Waals surface area contributed by atoms with Gasteiger partial charge in [-0.25, -0.2) is 0 Å². The molecule has 1 unspecified atom stereocenters. The van der Waals surface area contributed by atoms with Crippen LogP contribution in [0.4, 0.5) is 11.4 Å². The summed E-state index contributed by atoms with van der Waals surface area (Å²) in [6.07, 6.45) is 1.99. The molecule has 0 saturated carbocycles. The van der Waals surface area contributed by atoms with Crippen LogP contribution in [0.2, 0.25) is 0 Å². The minimum atomic E-state index is 0.474. The van der Waals surface area contributed by atoms with Crippen molar-refractivity contribution in [2.75, 3.05) is 16.8 Å². The van der Waals surface area contributed by atoms with Crippen molar-refractivity contribution in [2.24, 2.45) is 7.05 Å². The van der Waals surface area contributed by atoms with Gasteiger partial charge in [0.1, 0.15) is 0 Å². The highest BCUT2D eigenvalue weighted by molar-refractivity contribution is 5.72. The fourth-order valence-electron chi connectivity index (χ4n) is 2.44. The van der Waals surface area contributed by atoms with Crippen molar-refractivity contribution in [1.29, 1.82) is 0 Å². The van der Waals surface area contributed by atoms with Gasteiger partial charge in [-0.15, -0.1) is 0 Å². The highest BCUT2D eigenvalue weighted by atomic mass is 15.3. The van der Waals surface area contributed by atoms with Gasteiger partial charge in [0, 0.05) is 25.8 Å². The number of aromatic nitrogens is 2. The van der Waals surface area contributed by atoms with Gasteiger partial charge in [-0.2, -0.15) is 5.10 Å². The number of nitrogens with zero attached hydrogens (tertiary/aromatic N) is 3. The standard InChI is InChI=1S/C14H18N4/c1-11-9-15-13-5-3-4-6-14(13)18(11)10-12-7-8-17(2)16-12/h3-8,11,15H,9-10H2,1-2H3. The molecule has 1 N–H and O–H groups in total. The number of rotatable bonds is 2. The normalized spacial score (nSPS) is 18.3. The van der Waals surface area contributed by atoms with Gasteiger partial charge < -0.3 is 10.2 Å². The van der Waals surface area contributed by atoms with E-state index < -0.39 is 0 Å². The topological polar surface area (TPSA) is 33.1 Å². The molecule has 0 spiro atoms. The zero-order chi connectivity index (χ0) is 12.5. The van der Waals surface area contributed by atoms with Crippen molar-refractivity contribution in [3.05, 3.63) is 42.2 Å². The molecule has 0 saturated heterocycles. The lowest BCUT2D eigenvalue weighted by atomic mass is 10.1. The van der Waals surface area contributed by atoms with Gasteiger partial charge in [0.05, 0.1) is 23.6 Å². The van der Waals surface area contributed by atoms with Crippen molar-refractivity contribution in [3.63, 3.8) is 0 Å². The summed E-state index contributed by atoms with van der Waals surface area (Å²) < 4.78 is 1.86. The van der Waals surface area contributed by atoms with Crippen LogP contribution in [0.1, 0.15) is 12.6 Å². The minimum absolute atomic E-state index is 0.474. The molecule has 2 aromatic rings. The van der Waals surface area contributed by atoms with E-state index in [4.69, 9.17) is 0 Å². The highest BCUT2D eigenvalue weighted by Crippen LogP contribution is 2.31. The van der Waals surface area contributed by atoms with E-state index in [9.17, 15) is 0 Å². The Morgan fingerprint density at radius 3 is 2.94 bits per heavy atom. The lowest BCUT2D eigenvalue weighted by molar-refractivity contribution is 0.626. The fraction of sp³-hybridized carbons (Fsp3) is 0.357. The predicted octanol–water partition coefficient (Wildman–Crippen LogP) is 2.24. The molecule has 1 atom stereocenters. The molecular weight excluding hydrogens is 224 g/mol. The summed E-state index contributed by atoms with van der Waals surface area (Å²) in [5.74, 6) is 0. The molecule has 0 amide bonds. The van der Waals surface area contributed by atoms with E-state index in [2.05, 4.69) is 52.6 Å². The first-order valence-electron chi connectivity index (χ1n) is 6.32. The van der Waals surface area contributed by atoms with E-state index in [0.717, 1.165) is 18.8 Å². The quantitative estimate of drug-likeness (QED) is 0.876. The maximum absolute atomic E-state index is 4.47. The molecule has 0 aliphatic carbocycles. The SMILES string of the molecule is CC1CNc2ccccc2N1Cc1ccn(C)n1. The Labute approximate surface area is 107 Å². The minimum Gasteiger partial charge on any atom is -0.381 e. The predicted molar refractivity (Wildman–Crippen MR) is 73.8 cm³/mol. The van der Waals surface area contributed by atoms with Gasteiger partial charge in [0.2, 0.25) is 0 Å². The van der Waals surface area contributed by atoms with Crippen LogP contribution in [0, 0.1) is 0 Å². The van der Waals surface area contributed by atoms with E-state index in [-0.39, 0.29) is 0 Å². The van der Waals surface area contributed by atoms with E-state index in [1.54, 1.807) is 0 Å². The lowest BCUT2D eigenvalue weighted by Crippen LogP contribution is -2.41. The molecule has 94 valence electrons. The summed E-state index contributed by atoms with van der Waals surface area (Å²) in [6, 6.07) is 11.0. The molecule has 1 aromatic heterocycles. The van der Waals surface area contributed by atoms with Gasteiger partial charge in [0.25, 0.3) is 0 Å². The maximum atomic E-state index is 4.47. The number of nitrogens with one attached hydrogen (secondary N) is 1. The molecule has 3 rings (SSSR count). The Bertz CT molecular complexity index is 546. The average Bonchev–Trinajstić information content (AvgIpc) is 2.79. The van der Waals surface area contributed by atoms with E-state index in [1.807, 2.05) is 17.9 Å². The summed E-state index contributed by atoms with van der Waals surface area (Å²) in [5, 5.41) is 7.93. The molecule has 2 heterocycles. The van der Waals surface area contributed by atoms with E-state index >= 15 is 0 Å². The molecule has 4 nitrogen and oxygen atoms in total. The molecule has 1 aliphatic rings. The summed E-state index contributed by atoms with van der Waals surface area (Å²) >= 11 is 0. The second-order valence-corrected chi connectivity index (χ2v) is 4.86. The smallest absolute Gasteiger partial charge is 0.0817 e. The maximum Gasteiger partial charge on any atom is 0.0817 e. The van der Waals surface area contributed by atoms with Crippen LogP contribution in [0.15, 0.2) is 36.5 Å². The number of benzene rings is 1. The molecule has 1 aromatic carbocycles. The Kier molecular flexibility index (Phi) is 2.70. The summed E-state index contributed by atoms with van der Waals surface area (Å²) in [4.78, 5) is 2.41. The number of hydrogen-bond donors (Lipinski definition) is 1. The first-order valence-corrected chi connectivity index (χ1v) is 6.32. The van der Waals surface area contributed by atoms with Gasteiger partial charge in [-0.3, -0.25) is 4.68 Å². The number of aryl methyl sites for hydroxylation is 1. The third-order valence-corrected chi connectivity index (χ3v) is 3.43. The fourth-order valence-corrected chi connectivity index (χ4v) is 2.44. The molecule has 0 bridgehead atoms. The Morgan fingerprint density at radius 2 is 2.17 bits per heavy atom. The van der Waals surface area contributed by atoms with Crippen LogP contribution >= 0.6 is 0 Å². The van der Waals surface area contributed by atoms with Gasteiger partial charge >= 0.3 is 0 Å². The van der Waals surface area contributed by atoms with Gasteiger partial charge in [-0.05, 0) is 25.1 Å². The third kappa shape index (κ3) is 1.94. The highest BCUT2D eigenvalue weighted by Gasteiger charge is 2.22. The van der Waals surface area contributed by atoms with E-state index in [1.165, 1.54) is 11.4 Å². The number of hydrogen-bond acceptors (Lipinski definition) is 3. The number of anilines is 2. The lowest BCUT2D eigenvalue weighted by Gasteiger charge is -2.37. The first-order chi connectivity index (χ1) is 8.74. The van der Waals surface area contributed by atoms with Crippen LogP contribution in [0.5, 0.6) is 0 Å². The largest absolute Gasteiger partial charge is 0.381 e. The van der Waals surface area contributed by atoms with Crippen LogP contribution < -0.4 is 10.2 Å². The molecular formula is C14H18N4. The van der Waals surface area contributed by atoms with E-state index in [0.29, 0.717) is 6.04 Å². The first kappa shape index (κ1) is 11.1. The van der Waals surface area contributed by atoms with Crippen molar-refractivity contribution in [1.82, 2.24) is 9.78 Å². The van der Waals surface area contributed by atoms with Crippen LogP contribution in [-0.2, 0) is 13.6 Å². The van der Waals surface area contributed by atoms with Crippen molar-refractivity contribution < 1.29 is 0 Å². The molecule has 4 heteroatoms. The second-order valence-electron chi connectivity index (χ2n) is 4.86. The van der Waals surface area contributed by atoms with Crippen LogP contribution in [0.25, 0.3) is 0 Å². The summed E-state index contributed by atoms with van der Waals surface area (Å²) in [6.45, 7) is 4.08. The van der Waals surface area contributed by atoms with Crippen molar-refractivity contribution in [2.45, 2.75) is 19.5 Å². The summed E-state index contributed by atoms with van der Waals surface area (Å²) in [5.41, 5.74) is 3.59. The monoisotopic (exact) mass is 242 g/mol. The summed E-state index contributed by atoms with van der Waals surface area (Å²) in [7, 11) is 1.96. The van der Waals surface area contributed by atoms with Gasteiger partial charge in [0.15, 0.2) is 0 Å². The Hall–Kier alpha value is -1.97. The zero-order valence-electron chi connectivity index (χ0n) is 10.8. The third-order valence-electron chi connectivity index (χ3n) is 3.43. The zero-order valence-corrected chi connectivity index (χ0v) is 10.8.